The Labute approximate surface area is 83.1 Å². The maximum Gasteiger partial charge on any atom is 0.123 e. The van der Waals surface area contributed by atoms with E-state index in [9.17, 15) is 4.79 Å². The van der Waals surface area contributed by atoms with E-state index in [4.69, 9.17) is 0 Å². The van der Waals surface area contributed by atoms with Crippen LogP contribution in [0.15, 0.2) is 6.20 Å². The molecule has 0 amide bonds. The summed E-state index contributed by atoms with van der Waals surface area (Å²) in [5.41, 5.74) is 1.26. The smallest absolute Gasteiger partial charge is 0.123 e. The number of rotatable bonds is 2. The minimum absolute atomic E-state index is 0.228. The largest absolute Gasteiger partial charge is 0.332 e. The maximum atomic E-state index is 10.7. The lowest BCUT2D eigenvalue weighted by molar-refractivity contribution is -0.111. The Morgan fingerprint density at radius 2 is 2.29 bits per heavy atom. The molecule has 74 valence electrons. The molecule has 1 aliphatic carbocycles. The molecule has 0 spiro atoms. The van der Waals surface area contributed by atoms with Gasteiger partial charge in [-0.05, 0) is 25.7 Å². The molecule has 3 nitrogen and oxygen atoms in total. The van der Waals surface area contributed by atoms with Gasteiger partial charge in [0.05, 0.1) is 0 Å². The number of fused-ring (bicyclic) bond motifs is 1. The third-order valence-corrected chi connectivity index (χ3v) is 3.30. The van der Waals surface area contributed by atoms with Crippen molar-refractivity contribution >= 4 is 6.29 Å². The predicted octanol–water partition coefficient (Wildman–Crippen LogP) is 1.52. The highest BCUT2D eigenvalue weighted by atomic mass is 16.1. The number of hydrogen-bond acceptors (Lipinski definition) is 2. The van der Waals surface area contributed by atoms with Crippen LogP contribution in [0.4, 0.5) is 0 Å². The van der Waals surface area contributed by atoms with E-state index < -0.39 is 0 Å². The van der Waals surface area contributed by atoms with Crippen LogP contribution in [0.5, 0.6) is 0 Å². The van der Waals surface area contributed by atoms with Gasteiger partial charge in [-0.2, -0.15) is 0 Å². The highest BCUT2D eigenvalue weighted by Gasteiger charge is 2.31. The fourth-order valence-electron chi connectivity index (χ4n) is 2.30. The van der Waals surface area contributed by atoms with Crippen LogP contribution in [-0.2, 0) is 17.8 Å². The lowest BCUT2D eigenvalue weighted by atomic mass is 9.98. The number of hydrogen-bond donors (Lipinski definition) is 0. The van der Waals surface area contributed by atoms with E-state index in [1.54, 1.807) is 0 Å². The highest BCUT2D eigenvalue weighted by Crippen LogP contribution is 2.40. The Balaban J connectivity index is 1.92. The average molecular weight is 190 g/mol. The second kappa shape index (κ2) is 2.94. The van der Waals surface area contributed by atoms with Crippen LogP contribution in [0, 0.1) is 5.92 Å². The van der Waals surface area contributed by atoms with Crippen molar-refractivity contribution in [1.29, 1.82) is 0 Å². The third-order valence-electron chi connectivity index (χ3n) is 3.30. The average Bonchev–Trinajstić information content (AvgIpc) is 2.98. The van der Waals surface area contributed by atoms with Crippen LogP contribution in [0.3, 0.4) is 0 Å². The molecule has 2 aliphatic rings. The summed E-state index contributed by atoms with van der Waals surface area (Å²) < 4.78 is 2.33. The number of aromatic nitrogens is 2. The van der Waals surface area contributed by atoms with Crippen LogP contribution in [0.2, 0.25) is 0 Å². The standard InChI is InChI=1S/C11H14N2O/c14-7-8-3-4-13-10(5-8)6-12-11(13)9-1-2-9/h6-9H,1-5H2. The molecule has 1 unspecified atom stereocenters. The van der Waals surface area contributed by atoms with Gasteiger partial charge in [0.2, 0.25) is 0 Å². The predicted molar refractivity (Wildman–Crippen MR) is 52.1 cm³/mol. The van der Waals surface area contributed by atoms with Gasteiger partial charge >= 0.3 is 0 Å². The van der Waals surface area contributed by atoms with Crippen molar-refractivity contribution in [2.24, 2.45) is 5.92 Å². The molecule has 1 atom stereocenters. The Hall–Kier alpha value is -1.12. The van der Waals surface area contributed by atoms with Gasteiger partial charge in [0, 0.05) is 30.3 Å². The molecule has 1 aliphatic heterocycles. The molecule has 0 aromatic carbocycles. The zero-order chi connectivity index (χ0) is 9.54. The van der Waals surface area contributed by atoms with Crippen molar-refractivity contribution < 1.29 is 4.79 Å². The zero-order valence-electron chi connectivity index (χ0n) is 8.15. The fourth-order valence-corrected chi connectivity index (χ4v) is 2.30. The van der Waals surface area contributed by atoms with E-state index in [0.717, 1.165) is 31.6 Å². The second-order valence-electron chi connectivity index (χ2n) is 4.42. The van der Waals surface area contributed by atoms with Crippen LogP contribution < -0.4 is 0 Å². The molecule has 1 aromatic rings. The second-order valence-corrected chi connectivity index (χ2v) is 4.42. The van der Waals surface area contributed by atoms with E-state index in [1.807, 2.05) is 6.20 Å². The molecule has 2 heterocycles. The van der Waals surface area contributed by atoms with Gasteiger partial charge in [0.1, 0.15) is 12.1 Å². The van der Waals surface area contributed by atoms with E-state index in [0.29, 0.717) is 0 Å². The van der Waals surface area contributed by atoms with E-state index >= 15 is 0 Å². The maximum absolute atomic E-state index is 10.7. The molecule has 3 heteroatoms. The van der Waals surface area contributed by atoms with Crippen molar-refractivity contribution in [3.05, 3.63) is 17.7 Å². The molecular weight excluding hydrogens is 176 g/mol. The first-order valence-corrected chi connectivity index (χ1v) is 5.38. The first kappa shape index (κ1) is 8.21. The molecule has 1 saturated carbocycles. The monoisotopic (exact) mass is 190 g/mol. The highest BCUT2D eigenvalue weighted by molar-refractivity contribution is 5.54. The Morgan fingerprint density at radius 3 is 3.00 bits per heavy atom. The Morgan fingerprint density at radius 1 is 1.43 bits per heavy atom. The van der Waals surface area contributed by atoms with E-state index in [2.05, 4.69) is 9.55 Å². The molecular formula is C11H14N2O. The quantitative estimate of drug-likeness (QED) is 0.663. The van der Waals surface area contributed by atoms with Gasteiger partial charge < -0.3 is 9.36 Å². The Kier molecular flexibility index (Phi) is 1.72. The molecule has 14 heavy (non-hydrogen) atoms. The number of aldehydes is 1. The molecule has 0 radical (unpaired) electrons. The lowest BCUT2D eigenvalue weighted by Gasteiger charge is -2.20. The summed E-state index contributed by atoms with van der Waals surface area (Å²) in [6.45, 7) is 0.991. The van der Waals surface area contributed by atoms with Crippen molar-refractivity contribution in [2.45, 2.75) is 38.1 Å². The first-order chi connectivity index (χ1) is 6.88. The molecule has 0 saturated heterocycles. The normalized spacial score (nSPS) is 25.9. The Bertz CT molecular complexity index is 365. The number of imidazole rings is 1. The topological polar surface area (TPSA) is 34.9 Å². The van der Waals surface area contributed by atoms with Crippen LogP contribution in [0.1, 0.15) is 36.7 Å². The third kappa shape index (κ3) is 1.19. The summed E-state index contributed by atoms with van der Waals surface area (Å²) in [6, 6.07) is 0. The summed E-state index contributed by atoms with van der Waals surface area (Å²) in [6.07, 6.45) is 7.54. The summed E-state index contributed by atoms with van der Waals surface area (Å²) in [4.78, 5) is 15.2. The minimum Gasteiger partial charge on any atom is -0.332 e. The SMILES string of the molecule is O=CC1CCn2c(cnc2C2CC2)C1. The van der Waals surface area contributed by atoms with Crippen LogP contribution in [-0.4, -0.2) is 15.8 Å². The minimum atomic E-state index is 0.228. The number of carbonyl (C=O) groups is 1. The van der Waals surface area contributed by atoms with Gasteiger partial charge in [0.15, 0.2) is 0 Å². The van der Waals surface area contributed by atoms with Gasteiger partial charge in [-0.1, -0.05) is 0 Å². The van der Waals surface area contributed by atoms with E-state index in [-0.39, 0.29) is 5.92 Å². The van der Waals surface area contributed by atoms with Crippen molar-refractivity contribution in [2.75, 3.05) is 0 Å². The fraction of sp³-hybridized carbons (Fsp3) is 0.636. The first-order valence-electron chi connectivity index (χ1n) is 5.38. The lowest BCUT2D eigenvalue weighted by Crippen LogP contribution is -2.20. The van der Waals surface area contributed by atoms with Crippen LogP contribution in [0.25, 0.3) is 0 Å². The molecule has 0 N–H and O–H groups in total. The summed E-state index contributed by atoms with van der Waals surface area (Å²) in [7, 11) is 0. The van der Waals surface area contributed by atoms with Gasteiger partial charge in [-0.15, -0.1) is 0 Å². The zero-order valence-corrected chi connectivity index (χ0v) is 8.15. The summed E-state index contributed by atoms with van der Waals surface area (Å²) >= 11 is 0. The number of carbonyl (C=O) groups excluding carboxylic acids is 1. The van der Waals surface area contributed by atoms with Crippen molar-refractivity contribution in [3.63, 3.8) is 0 Å². The van der Waals surface area contributed by atoms with Crippen molar-refractivity contribution in [3.8, 4) is 0 Å². The summed E-state index contributed by atoms with van der Waals surface area (Å²) in [5.74, 6) is 2.21. The van der Waals surface area contributed by atoms with Crippen LogP contribution >= 0.6 is 0 Å². The number of nitrogens with zero attached hydrogens (tertiary/aromatic N) is 2. The van der Waals surface area contributed by atoms with Gasteiger partial charge in [0.25, 0.3) is 0 Å². The summed E-state index contributed by atoms with van der Waals surface area (Å²) in [5, 5.41) is 0. The van der Waals surface area contributed by atoms with Gasteiger partial charge in [-0.3, -0.25) is 0 Å². The molecule has 1 fully saturated rings. The van der Waals surface area contributed by atoms with Gasteiger partial charge in [-0.25, -0.2) is 4.98 Å². The molecule has 0 bridgehead atoms. The van der Waals surface area contributed by atoms with Crippen molar-refractivity contribution in [1.82, 2.24) is 9.55 Å². The molecule has 3 rings (SSSR count). The van der Waals surface area contributed by atoms with E-state index in [1.165, 1.54) is 24.4 Å². The molecule has 1 aromatic heterocycles.